The molecule has 1 aliphatic rings. The molecule has 0 spiro atoms. The SMILES string of the molecule is O=S(=O)(c1cccc2ncccc12)N1CCCC[C@@H]1CCO. The number of aliphatic hydroxyl groups is 1. The fourth-order valence-corrected chi connectivity index (χ4v) is 5.08. The van der Waals surface area contributed by atoms with Gasteiger partial charge in [0.1, 0.15) is 0 Å². The fraction of sp³-hybridized carbons (Fsp3) is 0.438. The molecule has 1 saturated heterocycles. The van der Waals surface area contributed by atoms with Gasteiger partial charge in [-0.2, -0.15) is 4.31 Å². The van der Waals surface area contributed by atoms with Crippen molar-refractivity contribution in [2.75, 3.05) is 13.2 Å². The molecule has 1 aromatic carbocycles. The molecule has 2 heterocycles. The minimum Gasteiger partial charge on any atom is -0.396 e. The minimum absolute atomic E-state index is 0.00772. The molecule has 0 amide bonds. The van der Waals surface area contributed by atoms with Gasteiger partial charge in [-0.05, 0) is 43.5 Å². The molecule has 3 rings (SSSR count). The van der Waals surface area contributed by atoms with Crippen molar-refractivity contribution >= 4 is 20.9 Å². The highest BCUT2D eigenvalue weighted by molar-refractivity contribution is 7.89. The lowest BCUT2D eigenvalue weighted by Gasteiger charge is -2.34. The van der Waals surface area contributed by atoms with E-state index in [2.05, 4.69) is 4.98 Å². The maximum atomic E-state index is 13.1. The van der Waals surface area contributed by atoms with Crippen LogP contribution in [-0.2, 0) is 10.0 Å². The Kier molecular flexibility index (Phi) is 4.42. The van der Waals surface area contributed by atoms with E-state index in [0.29, 0.717) is 28.8 Å². The smallest absolute Gasteiger partial charge is 0.243 e. The standard InChI is InChI=1S/C16H20N2O3S/c19-12-9-13-5-1-2-11-18(13)22(20,21)16-8-3-7-15-14(16)6-4-10-17-15/h3-4,6-8,10,13,19H,1-2,5,9,11-12H2/t13-/m1/s1. The number of fused-ring (bicyclic) bond motifs is 1. The molecule has 2 aromatic rings. The summed E-state index contributed by atoms with van der Waals surface area (Å²) in [6.07, 6.45) is 4.83. The van der Waals surface area contributed by atoms with Gasteiger partial charge in [0.25, 0.3) is 0 Å². The number of aliphatic hydroxyl groups excluding tert-OH is 1. The summed E-state index contributed by atoms with van der Waals surface area (Å²) < 4.78 is 27.8. The number of rotatable bonds is 4. The second-order valence-corrected chi connectivity index (χ2v) is 7.46. The third-order valence-electron chi connectivity index (χ3n) is 4.23. The Bertz CT molecular complexity index is 754. The molecule has 1 aliphatic heterocycles. The highest BCUT2D eigenvalue weighted by Crippen LogP contribution is 2.30. The Labute approximate surface area is 130 Å². The number of piperidine rings is 1. The first-order valence-corrected chi connectivity index (χ1v) is 9.05. The average Bonchev–Trinajstić information content (AvgIpc) is 2.55. The van der Waals surface area contributed by atoms with Gasteiger partial charge < -0.3 is 5.11 Å². The molecule has 0 bridgehead atoms. The maximum absolute atomic E-state index is 13.1. The summed E-state index contributed by atoms with van der Waals surface area (Å²) in [4.78, 5) is 4.54. The monoisotopic (exact) mass is 320 g/mol. The summed E-state index contributed by atoms with van der Waals surface area (Å²) in [6.45, 7) is 0.525. The minimum atomic E-state index is -3.58. The highest BCUT2D eigenvalue weighted by Gasteiger charge is 2.33. The first-order valence-electron chi connectivity index (χ1n) is 7.61. The van der Waals surface area contributed by atoms with Gasteiger partial charge in [-0.3, -0.25) is 4.98 Å². The molecule has 0 unspecified atom stereocenters. The number of hydrogen-bond donors (Lipinski definition) is 1. The molecule has 118 valence electrons. The maximum Gasteiger partial charge on any atom is 0.243 e. The number of sulfonamides is 1. The first-order chi connectivity index (χ1) is 10.6. The van der Waals surface area contributed by atoms with Gasteiger partial charge in [0.2, 0.25) is 10.0 Å². The van der Waals surface area contributed by atoms with Crippen LogP contribution in [0.4, 0.5) is 0 Å². The van der Waals surface area contributed by atoms with E-state index < -0.39 is 10.0 Å². The van der Waals surface area contributed by atoms with Crippen LogP contribution in [0.5, 0.6) is 0 Å². The van der Waals surface area contributed by atoms with E-state index in [9.17, 15) is 13.5 Å². The zero-order chi connectivity index (χ0) is 15.6. The van der Waals surface area contributed by atoms with Crippen molar-refractivity contribution in [2.24, 2.45) is 0 Å². The van der Waals surface area contributed by atoms with E-state index in [-0.39, 0.29) is 12.6 Å². The normalized spacial score (nSPS) is 20.3. The van der Waals surface area contributed by atoms with Crippen molar-refractivity contribution in [3.8, 4) is 0 Å². The Hall–Kier alpha value is -1.50. The van der Waals surface area contributed by atoms with Crippen LogP contribution in [0.1, 0.15) is 25.7 Å². The lowest BCUT2D eigenvalue weighted by Crippen LogP contribution is -2.44. The van der Waals surface area contributed by atoms with Crippen molar-refractivity contribution in [3.63, 3.8) is 0 Å². The Morgan fingerprint density at radius 2 is 2.09 bits per heavy atom. The quantitative estimate of drug-likeness (QED) is 0.937. The van der Waals surface area contributed by atoms with E-state index in [1.54, 1.807) is 34.8 Å². The van der Waals surface area contributed by atoms with Crippen LogP contribution in [0.15, 0.2) is 41.4 Å². The molecule has 1 aromatic heterocycles. The molecule has 6 heteroatoms. The van der Waals surface area contributed by atoms with Gasteiger partial charge in [0.05, 0.1) is 10.4 Å². The molecule has 5 nitrogen and oxygen atoms in total. The predicted octanol–water partition coefficient (Wildman–Crippen LogP) is 2.16. The fourth-order valence-electron chi connectivity index (χ4n) is 3.15. The Morgan fingerprint density at radius 1 is 1.23 bits per heavy atom. The topological polar surface area (TPSA) is 70.5 Å². The number of nitrogens with zero attached hydrogens (tertiary/aromatic N) is 2. The number of benzene rings is 1. The van der Waals surface area contributed by atoms with Gasteiger partial charge in [0, 0.05) is 30.8 Å². The second-order valence-electron chi connectivity index (χ2n) is 5.60. The number of pyridine rings is 1. The van der Waals surface area contributed by atoms with Crippen LogP contribution < -0.4 is 0 Å². The van der Waals surface area contributed by atoms with Crippen molar-refractivity contribution < 1.29 is 13.5 Å². The van der Waals surface area contributed by atoms with Crippen LogP contribution >= 0.6 is 0 Å². The van der Waals surface area contributed by atoms with Gasteiger partial charge in [-0.15, -0.1) is 0 Å². The van der Waals surface area contributed by atoms with Crippen molar-refractivity contribution in [1.29, 1.82) is 0 Å². The molecular formula is C16H20N2O3S. The van der Waals surface area contributed by atoms with Crippen molar-refractivity contribution in [1.82, 2.24) is 9.29 Å². The summed E-state index contributed by atoms with van der Waals surface area (Å²) in [5.74, 6) is 0. The number of aromatic nitrogens is 1. The lowest BCUT2D eigenvalue weighted by molar-refractivity contribution is 0.192. The molecule has 1 N–H and O–H groups in total. The van der Waals surface area contributed by atoms with Gasteiger partial charge in [-0.1, -0.05) is 12.5 Å². The zero-order valence-electron chi connectivity index (χ0n) is 12.4. The van der Waals surface area contributed by atoms with E-state index >= 15 is 0 Å². The van der Waals surface area contributed by atoms with E-state index in [1.807, 2.05) is 6.07 Å². The summed E-state index contributed by atoms with van der Waals surface area (Å²) in [5.41, 5.74) is 0.680. The van der Waals surface area contributed by atoms with Gasteiger partial charge >= 0.3 is 0 Å². The molecule has 0 saturated carbocycles. The van der Waals surface area contributed by atoms with Crippen LogP contribution in [-0.4, -0.2) is 42.0 Å². The van der Waals surface area contributed by atoms with E-state index in [1.165, 1.54) is 0 Å². The number of hydrogen-bond acceptors (Lipinski definition) is 4. The van der Waals surface area contributed by atoms with Gasteiger partial charge in [-0.25, -0.2) is 8.42 Å². The van der Waals surface area contributed by atoms with Crippen LogP contribution in [0, 0.1) is 0 Å². The third kappa shape index (κ3) is 2.74. The van der Waals surface area contributed by atoms with Crippen LogP contribution in [0.25, 0.3) is 10.9 Å². The zero-order valence-corrected chi connectivity index (χ0v) is 13.2. The summed E-state index contributed by atoms with van der Waals surface area (Å²) in [6, 6.07) is 8.62. The Balaban J connectivity index is 2.07. The highest BCUT2D eigenvalue weighted by atomic mass is 32.2. The van der Waals surface area contributed by atoms with Gasteiger partial charge in [0.15, 0.2) is 0 Å². The molecular weight excluding hydrogens is 300 g/mol. The first kappa shape index (κ1) is 15.4. The van der Waals surface area contributed by atoms with E-state index in [4.69, 9.17) is 0 Å². The molecule has 0 radical (unpaired) electrons. The average molecular weight is 320 g/mol. The van der Waals surface area contributed by atoms with Crippen LogP contribution in [0.3, 0.4) is 0 Å². The molecule has 22 heavy (non-hydrogen) atoms. The largest absolute Gasteiger partial charge is 0.396 e. The van der Waals surface area contributed by atoms with Crippen molar-refractivity contribution in [2.45, 2.75) is 36.6 Å². The second kappa shape index (κ2) is 6.32. The van der Waals surface area contributed by atoms with Crippen LogP contribution in [0.2, 0.25) is 0 Å². The molecule has 0 aliphatic carbocycles. The van der Waals surface area contributed by atoms with E-state index in [0.717, 1.165) is 19.3 Å². The third-order valence-corrected chi connectivity index (χ3v) is 6.24. The summed E-state index contributed by atoms with van der Waals surface area (Å²) in [5, 5.41) is 9.86. The predicted molar refractivity (Wildman–Crippen MR) is 85.0 cm³/mol. The Morgan fingerprint density at radius 3 is 2.91 bits per heavy atom. The summed E-state index contributed by atoms with van der Waals surface area (Å²) in [7, 11) is -3.58. The van der Waals surface area contributed by atoms with Crippen molar-refractivity contribution in [3.05, 3.63) is 36.5 Å². The molecule has 1 fully saturated rings. The lowest BCUT2D eigenvalue weighted by atomic mass is 10.0. The molecule has 1 atom stereocenters. The summed E-state index contributed by atoms with van der Waals surface area (Å²) >= 11 is 0.